The summed E-state index contributed by atoms with van der Waals surface area (Å²) in [5.41, 5.74) is 5.68. The van der Waals surface area contributed by atoms with Crippen LogP contribution < -0.4 is 10.5 Å². The molecule has 0 unspecified atom stereocenters. The van der Waals surface area contributed by atoms with Crippen LogP contribution in [0.25, 0.3) is 0 Å². The molecule has 6 heteroatoms. The Balaban J connectivity index is 2.08. The molecule has 2 rings (SSSR count). The molecule has 17 heavy (non-hydrogen) atoms. The third-order valence-corrected chi connectivity index (χ3v) is 2.29. The van der Waals surface area contributed by atoms with Crippen molar-refractivity contribution >= 4 is 5.82 Å². The van der Waals surface area contributed by atoms with E-state index in [4.69, 9.17) is 10.5 Å². The number of ether oxygens (including phenoxy) is 1. The number of hydrogen-bond acceptors (Lipinski definition) is 5. The highest BCUT2D eigenvalue weighted by atomic mass is 16.5. The van der Waals surface area contributed by atoms with Crippen LogP contribution in [0.2, 0.25) is 0 Å². The van der Waals surface area contributed by atoms with Crippen LogP contribution in [0, 0.1) is 0 Å². The number of nitrogen functional groups attached to an aromatic ring is 1. The van der Waals surface area contributed by atoms with Gasteiger partial charge in [-0.15, -0.1) is 0 Å². The topological polar surface area (TPSA) is 78.8 Å². The summed E-state index contributed by atoms with van der Waals surface area (Å²) in [7, 11) is 0. The molecule has 90 valence electrons. The van der Waals surface area contributed by atoms with Crippen LogP contribution in [0.5, 0.6) is 5.75 Å². The van der Waals surface area contributed by atoms with Crippen molar-refractivity contribution in [2.45, 2.75) is 26.5 Å². The molecule has 0 atom stereocenters. The Labute approximate surface area is 99.4 Å². The smallest absolute Gasteiger partial charge is 0.166 e. The number of hydrogen-bond donors (Lipinski definition) is 1. The summed E-state index contributed by atoms with van der Waals surface area (Å²) >= 11 is 0. The zero-order valence-corrected chi connectivity index (χ0v) is 9.87. The molecule has 2 heterocycles. The third-order valence-electron chi connectivity index (χ3n) is 2.29. The van der Waals surface area contributed by atoms with Crippen molar-refractivity contribution in [3.63, 3.8) is 0 Å². The van der Waals surface area contributed by atoms with E-state index < -0.39 is 0 Å². The number of pyridine rings is 1. The van der Waals surface area contributed by atoms with Gasteiger partial charge < -0.3 is 10.5 Å². The Morgan fingerprint density at radius 1 is 1.41 bits per heavy atom. The number of nitrogens with zero attached hydrogens (tertiary/aromatic N) is 4. The van der Waals surface area contributed by atoms with Crippen molar-refractivity contribution in [1.82, 2.24) is 19.7 Å². The first-order valence-electron chi connectivity index (χ1n) is 5.40. The molecule has 0 saturated heterocycles. The normalized spacial score (nSPS) is 10.8. The lowest BCUT2D eigenvalue weighted by Gasteiger charge is -2.11. The standard InChI is InChI=1S/C11H15N5O/c1-8(2)16-10(14-7-15-16)6-17-9-4-3-5-13-11(9)12/h3-5,7-8H,6H2,1-2H3,(H2,12,13). The zero-order valence-electron chi connectivity index (χ0n) is 9.87. The van der Waals surface area contributed by atoms with Crippen molar-refractivity contribution in [3.05, 3.63) is 30.5 Å². The second kappa shape index (κ2) is 4.82. The molecular formula is C11H15N5O. The predicted molar refractivity (Wildman–Crippen MR) is 63.4 cm³/mol. The molecule has 0 aliphatic carbocycles. The highest BCUT2D eigenvalue weighted by molar-refractivity contribution is 5.44. The number of anilines is 1. The molecule has 2 N–H and O–H groups in total. The lowest BCUT2D eigenvalue weighted by Crippen LogP contribution is -2.11. The maximum Gasteiger partial charge on any atom is 0.166 e. The Morgan fingerprint density at radius 2 is 2.24 bits per heavy atom. The van der Waals surface area contributed by atoms with Gasteiger partial charge in [0.15, 0.2) is 17.4 Å². The highest BCUT2D eigenvalue weighted by Crippen LogP contribution is 2.18. The minimum atomic E-state index is 0.252. The molecule has 0 amide bonds. The molecular weight excluding hydrogens is 218 g/mol. The van der Waals surface area contributed by atoms with Crippen molar-refractivity contribution in [2.24, 2.45) is 0 Å². The molecule has 0 aromatic carbocycles. The van der Waals surface area contributed by atoms with Crippen LogP contribution in [0.1, 0.15) is 25.7 Å². The number of aromatic nitrogens is 4. The largest absolute Gasteiger partial charge is 0.482 e. The number of nitrogens with two attached hydrogens (primary N) is 1. The fourth-order valence-corrected chi connectivity index (χ4v) is 1.48. The second-order valence-corrected chi connectivity index (χ2v) is 3.89. The zero-order chi connectivity index (χ0) is 12.3. The van der Waals surface area contributed by atoms with Gasteiger partial charge in [-0.1, -0.05) is 0 Å². The Bertz CT molecular complexity index is 494. The van der Waals surface area contributed by atoms with Crippen molar-refractivity contribution < 1.29 is 4.74 Å². The summed E-state index contributed by atoms with van der Waals surface area (Å²) in [6.45, 7) is 4.40. The molecule has 6 nitrogen and oxygen atoms in total. The van der Waals surface area contributed by atoms with Crippen LogP contribution in [0.3, 0.4) is 0 Å². The molecule has 0 spiro atoms. The monoisotopic (exact) mass is 233 g/mol. The van der Waals surface area contributed by atoms with Gasteiger partial charge in [0, 0.05) is 12.2 Å². The first-order chi connectivity index (χ1) is 8.18. The van der Waals surface area contributed by atoms with E-state index in [1.807, 2.05) is 18.5 Å². The second-order valence-electron chi connectivity index (χ2n) is 3.89. The van der Waals surface area contributed by atoms with Gasteiger partial charge in [-0.05, 0) is 26.0 Å². The molecule has 2 aromatic rings. The van der Waals surface area contributed by atoms with Crippen LogP contribution in [0.4, 0.5) is 5.82 Å². The van der Waals surface area contributed by atoms with Gasteiger partial charge in [-0.2, -0.15) is 5.10 Å². The summed E-state index contributed by atoms with van der Waals surface area (Å²) < 4.78 is 7.37. The van der Waals surface area contributed by atoms with E-state index in [2.05, 4.69) is 15.1 Å². The van der Waals surface area contributed by atoms with Crippen LogP contribution in [0.15, 0.2) is 24.7 Å². The average Bonchev–Trinajstić information content (AvgIpc) is 2.76. The van der Waals surface area contributed by atoms with E-state index in [1.165, 1.54) is 6.33 Å². The molecule has 0 saturated carbocycles. The molecule has 2 aromatic heterocycles. The van der Waals surface area contributed by atoms with Gasteiger partial charge >= 0.3 is 0 Å². The SMILES string of the molecule is CC(C)n1ncnc1COc1cccnc1N. The molecule has 0 bridgehead atoms. The first kappa shape index (κ1) is 11.4. The summed E-state index contributed by atoms with van der Waals surface area (Å²) in [6, 6.07) is 3.81. The third kappa shape index (κ3) is 2.52. The van der Waals surface area contributed by atoms with Crippen LogP contribution in [-0.4, -0.2) is 19.7 Å². The lowest BCUT2D eigenvalue weighted by atomic mass is 10.4. The summed E-state index contributed by atoms with van der Waals surface area (Å²) in [4.78, 5) is 8.09. The molecule has 0 fully saturated rings. The Kier molecular flexibility index (Phi) is 3.22. The van der Waals surface area contributed by atoms with E-state index in [-0.39, 0.29) is 6.04 Å². The molecule has 0 aliphatic rings. The maximum atomic E-state index is 5.68. The average molecular weight is 233 g/mol. The first-order valence-corrected chi connectivity index (χ1v) is 5.40. The van der Waals surface area contributed by atoms with E-state index in [0.717, 1.165) is 5.82 Å². The Morgan fingerprint density at radius 3 is 2.94 bits per heavy atom. The lowest BCUT2D eigenvalue weighted by molar-refractivity contribution is 0.283. The molecule has 0 aliphatic heterocycles. The van der Waals surface area contributed by atoms with Gasteiger partial charge in [0.2, 0.25) is 0 Å². The van der Waals surface area contributed by atoms with Gasteiger partial charge in [0.1, 0.15) is 12.9 Å². The fraction of sp³-hybridized carbons (Fsp3) is 0.364. The fourth-order valence-electron chi connectivity index (χ4n) is 1.48. The van der Waals surface area contributed by atoms with Gasteiger partial charge in [0.25, 0.3) is 0 Å². The van der Waals surface area contributed by atoms with Crippen molar-refractivity contribution in [2.75, 3.05) is 5.73 Å². The summed E-state index contributed by atoms with van der Waals surface area (Å²) in [5.74, 6) is 1.71. The quantitative estimate of drug-likeness (QED) is 0.863. The van der Waals surface area contributed by atoms with E-state index in [0.29, 0.717) is 18.2 Å². The minimum Gasteiger partial charge on any atom is -0.482 e. The summed E-state index contributed by atoms with van der Waals surface area (Å²) in [5, 5.41) is 4.13. The van der Waals surface area contributed by atoms with Gasteiger partial charge in [-0.3, -0.25) is 0 Å². The van der Waals surface area contributed by atoms with Crippen molar-refractivity contribution in [3.8, 4) is 5.75 Å². The van der Waals surface area contributed by atoms with Crippen LogP contribution >= 0.6 is 0 Å². The van der Waals surface area contributed by atoms with E-state index in [1.54, 1.807) is 18.3 Å². The van der Waals surface area contributed by atoms with Crippen molar-refractivity contribution in [1.29, 1.82) is 0 Å². The van der Waals surface area contributed by atoms with Gasteiger partial charge in [-0.25, -0.2) is 14.6 Å². The highest BCUT2D eigenvalue weighted by Gasteiger charge is 2.09. The Hall–Kier alpha value is -2.11. The minimum absolute atomic E-state index is 0.252. The van der Waals surface area contributed by atoms with Crippen LogP contribution in [-0.2, 0) is 6.61 Å². The maximum absolute atomic E-state index is 5.68. The number of rotatable bonds is 4. The summed E-state index contributed by atoms with van der Waals surface area (Å²) in [6.07, 6.45) is 3.14. The molecule has 0 radical (unpaired) electrons. The van der Waals surface area contributed by atoms with E-state index >= 15 is 0 Å². The van der Waals surface area contributed by atoms with E-state index in [9.17, 15) is 0 Å². The predicted octanol–water partition coefficient (Wildman–Crippen LogP) is 1.42. The van der Waals surface area contributed by atoms with Gasteiger partial charge in [0.05, 0.1) is 0 Å².